The SMILES string of the molecule is CC(=O)[C@H](Cc1ccccc1)NC(=O)COC(=O)C1(c2ccc(Cl)cc2)CC1. The number of benzene rings is 2. The first-order valence-electron chi connectivity index (χ1n) is 9.18. The average Bonchev–Trinajstić information content (AvgIpc) is 3.49. The van der Waals surface area contributed by atoms with Gasteiger partial charge in [0.25, 0.3) is 5.91 Å². The normalized spacial score (nSPS) is 15.4. The van der Waals surface area contributed by atoms with Crippen LogP contribution >= 0.6 is 11.6 Å². The number of carbonyl (C=O) groups excluding carboxylic acids is 3. The summed E-state index contributed by atoms with van der Waals surface area (Å²) in [5.41, 5.74) is 1.10. The summed E-state index contributed by atoms with van der Waals surface area (Å²) >= 11 is 5.90. The number of esters is 1. The summed E-state index contributed by atoms with van der Waals surface area (Å²) in [7, 11) is 0. The van der Waals surface area contributed by atoms with E-state index in [2.05, 4.69) is 5.32 Å². The molecular formula is C22H22ClNO4. The molecule has 1 amide bonds. The molecule has 28 heavy (non-hydrogen) atoms. The van der Waals surface area contributed by atoms with E-state index in [0.29, 0.717) is 24.3 Å². The molecule has 1 aliphatic rings. The molecular weight excluding hydrogens is 378 g/mol. The first-order chi connectivity index (χ1) is 13.4. The highest BCUT2D eigenvalue weighted by Crippen LogP contribution is 2.49. The number of halogens is 1. The fourth-order valence-electron chi connectivity index (χ4n) is 3.16. The van der Waals surface area contributed by atoms with Gasteiger partial charge in [0.15, 0.2) is 12.4 Å². The van der Waals surface area contributed by atoms with E-state index in [1.54, 1.807) is 12.1 Å². The molecule has 1 fully saturated rings. The van der Waals surface area contributed by atoms with Crippen molar-refractivity contribution in [1.82, 2.24) is 5.32 Å². The van der Waals surface area contributed by atoms with Crippen LogP contribution in [0.3, 0.4) is 0 Å². The van der Waals surface area contributed by atoms with Crippen molar-refractivity contribution >= 4 is 29.3 Å². The second-order valence-electron chi connectivity index (χ2n) is 7.09. The molecule has 0 bridgehead atoms. The Hall–Kier alpha value is -2.66. The van der Waals surface area contributed by atoms with Gasteiger partial charge in [-0.05, 0) is 49.4 Å². The first kappa shape index (κ1) is 20.1. The van der Waals surface area contributed by atoms with Crippen LogP contribution in [0.1, 0.15) is 30.9 Å². The molecule has 0 saturated heterocycles. The van der Waals surface area contributed by atoms with E-state index in [-0.39, 0.29) is 5.78 Å². The molecule has 1 atom stereocenters. The Labute approximate surface area is 169 Å². The van der Waals surface area contributed by atoms with Gasteiger partial charge in [-0.3, -0.25) is 14.4 Å². The summed E-state index contributed by atoms with van der Waals surface area (Å²) in [4.78, 5) is 36.6. The Balaban J connectivity index is 1.55. The van der Waals surface area contributed by atoms with Gasteiger partial charge in [-0.25, -0.2) is 0 Å². The molecule has 1 aliphatic carbocycles. The number of ether oxygens (including phenoxy) is 1. The van der Waals surface area contributed by atoms with E-state index in [0.717, 1.165) is 11.1 Å². The Morgan fingerprint density at radius 1 is 1.07 bits per heavy atom. The monoisotopic (exact) mass is 399 g/mol. The van der Waals surface area contributed by atoms with Crippen molar-refractivity contribution in [2.45, 2.75) is 37.6 Å². The molecule has 3 rings (SSSR count). The maximum atomic E-state index is 12.5. The lowest BCUT2D eigenvalue weighted by Gasteiger charge is -2.18. The van der Waals surface area contributed by atoms with Gasteiger partial charge in [-0.15, -0.1) is 0 Å². The lowest BCUT2D eigenvalue weighted by molar-refractivity contribution is -0.151. The van der Waals surface area contributed by atoms with Crippen LogP contribution < -0.4 is 5.32 Å². The molecule has 5 nitrogen and oxygen atoms in total. The topological polar surface area (TPSA) is 72.5 Å². The highest BCUT2D eigenvalue weighted by Gasteiger charge is 2.52. The Morgan fingerprint density at radius 3 is 2.29 bits per heavy atom. The number of carbonyl (C=O) groups is 3. The van der Waals surface area contributed by atoms with Gasteiger partial charge < -0.3 is 10.1 Å². The van der Waals surface area contributed by atoms with Gasteiger partial charge in [0.2, 0.25) is 0 Å². The molecule has 0 unspecified atom stereocenters. The third-order valence-corrected chi connectivity index (χ3v) is 5.23. The number of rotatable bonds is 8. The van der Waals surface area contributed by atoms with Crippen LogP contribution in [0.2, 0.25) is 5.02 Å². The van der Waals surface area contributed by atoms with Gasteiger partial charge >= 0.3 is 5.97 Å². The van der Waals surface area contributed by atoms with E-state index < -0.39 is 29.9 Å². The summed E-state index contributed by atoms with van der Waals surface area (Å²) < 4.78 is 5.25. The molecule has 0 heterocycles. The standard InChI is InChI=1S/C22H22ClNO4/c1-15(25)19(13-16-5-3-2-4-6-16)24-20(26)14-28-21(27)22(11-12-22)17-7-9-18(23)10-8-17/h2-10,19H,11-14H2,1H3,(H,24,26)/t19-/m0/s1. The van der Waals surface area contributed by atoms with Gasteiger partial charge in [0.1, 0.15) is 0 Å². The van der Waals surface area contributed by atoms with Crippen LogP contribution in [0.5, 0.6) is 0 Å². The van der Waals surface area contributed by atoms with Crippen LogP contribution in [0.25, 0.3) is 0 Å². The molecule has 2 aromatic carbocycles. The van der Waals surface area contributed by atoms with Crippen LogP contribution in [0.4, 0.5) is 0 Å². The van der Waals surface area contributed by atoms with E-state index in [1.165, 1.54) is 6.92 Å². The number of Topliss-reactive ketones (excluding diaryl/α,β-unsaturated/α-hetero) is 1. The Morgan fingerprint density at radius 2 is 1.71 bits per heavy atom. The third kappa shape index (κ3) is 4.78. The second-order valence-corrected chi connectivity index (χ2v) is 7.52. The molecule has 0 aliphatic heterocycles. The van der Waals surface area contributed by atoms with Gasteiger partial charge in [0.05, 0.1) is 11.5 Å². The quantitative estimate of drug-likeness (QED) is 0.692. The minimum absolute atomic E-state index is 0.150. The highest BCUT2D eigenvalue weighted by atomic mass is 35.5. The number of amides is 1. The molecule has 146 valence electrons. The van der Waals surface area contributed by atoms with Gasteiger partial charge in [-0.2, -0.15) is 0 Å². The zero-order chi connectivity index (χ0) is 20.1. The summed E-state index contributed by atoms with van der Waals surface area (Å²) in [6.45, 7) is 1.02. The average molecular weight is 400 g/mol. The number of nitrogens with one attached hydrogen (secondary N) is 1. The maximum absolute atomic E-state index is 12.5. The Bertz CT molecular complexity index is 860. The largest absolute Gasteiger partial charge is 0.455 e. The number of hydrogen-bond donors (Lipinski definition) is 1. The maximum Gasteiger partial charge on any atom is 0.317 e. The molecule has 6 heteroatoms. The molecule has 1 N–H and O–H groups in total. The van der Waals surface area contributed by atoms with E-state index in [9.17, 15) is 14.4 Å². The van der Waals surface area contributed by atoms with Gasteiger partial charge in [-0.1, -0.05) is 54.1 Å². The van der Waals surface area contributed by atoms with E-state index in [4.69, 9.17) is 16.3 Å². The smallest absolute Gasteiger partial charge is 0.317 e. The van der Waals surface area contributed by atoms with Crippen molar-refractivity contribution in [3.8, 4) is 0 Å². The van der Waals surface area contributed by atoms with Crippen molar-refractivity contribution in [2.75, 3.05) is 6.61 Å². The molecule has 0 radical (unpaired) electrons. The Kier molecular flexibility index (Phi) is 6.15. The third-order valence-electron chi connectivity index (χ3n) is 4.98. The van der Waals surface area contributed by atoms with Crippen LogP contribution in [0, 0.1) is 0 Å². The summed E-state index contributed by atoms with van der Waals surface area (Å²) in [6.07, 6.45) is 1.75. The van der Waals surface area contributed by atoms with E-state index in [1.807, 2.05) is 42.5 Å². The van der Waals surface area contributed by atoms with Gasteiger partial charge in [0, 0.05) is 5.02 Å². The fraction of sp³-hybridized carbons (Fsp3) is 0.318. The zero-order valence-electron chi connectivity index (χ0n) is 15.6. The van der Waals surface area contributed by atoms with Crippen LogP contribution in [-0.4, -0.2) is 30.3 Å². The minimum atomic E-state index is -0.686. The second kappa shape index (κ2) is 8.57. The van der Waals surface area contributed by atoms with Crippen molar-refractivity contribution < 1.29 is 19.1 Å². The number of hydrogen-bond acceptors (Lipinski definition) is 4. The summed E-state index contributed by atoms with van der Waals surface area (Å²) in [5.74, 6) is -1.06. The fourth-order valence-corrected chi connectivity index (χ4v) is 3.28. The predicted molar refractivity (Wildman–Crippen MR) is 106 cm³/mol. The predicted octanol–water partition coefficient (Wildman–Crippen LogP) is 3.23. The van der Waals surface area contributed by atoms with E-state index >= 15 is 0 Å². The lowest BCUT2D eigenvalue weighted by atomic mass is 9.96. The summed E-state index contributed by atoms with van der Waals surface area (Å²) in [5, 5.41) is 3.25. The van der Waals surface area contributed by atoms with Crippen molar-refractivity contribution in [3.63, 3.8) is 0 Å². The van der Waals surface area contributed by atoms with Crippen molar-refractivity contribution in [1.29, 1.82) is 0 Å². The minimum Gasteiger partial charge on any atom is -0.455 e. The molecule has 2 aromatic rings. The first-order valence-corrected chi connectivity index (χ1v) is 9.55. The highest BCUT2D eigenvalue weighted by molar-refractivity contribution is 6.30. The number of ketones is 1. The zero-order valence-corrected chi connectivity index (χ0v) is 16.4. The molecule has 0 aromatic heterocycles. The summed E-state index contributed by atoms with van der Waals surface area (Å²) in [6, 6.07) is 15.9. The van der Waals surface area contributed by atoms with Crippen molar-refractivity contribution in [2.24, 2.45) is 0 Å². The van der Waals surface area contributed by atoms with Crippen LogP contribution in [-0.2, 0) is 31.0 Å². The van der Waals surface area contributed by atoms with Crippen molar-refractivity contribution in [3.05, 3.63) is 70.7 Å². The van der Waals surface area contributed by atoms with Crippen LogP contribution in [0.15, 0.2) is 54.6 Å². The molecule has 0 spiro atoms. The molecule has 1 saturated carbocycles. The lowest BCUT2D eigenvalue weighted by Crippen LogP contribution is -2.43.